The maximum Gasteiger partial charge on any atom is 0.320 e. The Bertz CT molecular complexity index is 1800. The van der Waals surface area contributed by atoms with E-state index in [9.17, 15) is 4.79 Å². The Morgan fingerprint density at radius 2 is 1.71 bits per heavy atom. The number of methoxy groups -OCH3 is 1. The number of rotatable bonds is 8. The Kier molecular flexibility index (Phi) is 8.22. The van der Waals surface area contributed by atoms with Crippen LogP contribution in [0.4, 0.5) is 10.6 Å². The first-order valence-corrected chi connectivity index (χ1v) is 15.5. The van der Waals surface area contributed by atoms with Crippen LogP contribution < -0.4 is 20.1 Å². The largest absolute Gasteiger partial charge is 0.497 e. The van der Waals surface area contributed by atoms with E-state index in [2.05, 4.69) is 67.6 Å². The van der Waals surface area contributed by atoms with E-state index in [1.54, 1.807) is 11.8 Å². The molecule has 1 aliphatic rings. The number of urea groups is 1. The van der Waals surface area contributed by atoms with Crippen molar-refractivity contribution >= 4 is 17.5 Å². The molecule has 2 amide bonds. The maximum absolute atomic E-state index is 13.5. The van der Waals surface area contributed by atoms with Crippen LogP contribution in [0.25, 0.3) is 11.3 Å². The van der Waals surface area contributed by atoms with E-state index in [1.165, 1.54) is 5.56 Å². The van der Waals surface area contributed by atoms with Gasteiger partial charge in [-0.2, -0.15) is 5.10 Å². The number of anilines is 1. The molecule has 0 radical (unpaired) electrons. The third kappa shape index (κ3) is 6.36. The normalized spacial score (nSPS) is 16.4. The summed E-state index contributed by atoms with van der Waals surface area (Å²) in [5, 5.41) is 19.7. The number of amides is 2. The Morgan fingerprint density at radius 3 is 2.42 bits per heavy atom. The molecule has 10 heteroatoms. The van der Waals surface area contributed by atoms with Gasteiger partial charge in [0.25, 0.3) is 0 Å². The predicted molar refractivity (Wildman–Crippen MR) is 175 cm³/mol. The van der Waals surface area contributed by atoms with Crippen molar-refractivity contribution in [3.8, 4) is 17.2 Å². The topological polar surface area (TPSA) is 108 Å². The van der Waals surface area contributed by atoms with E-state index in [4.69, 9.17) is 14.6 Å². The van der Waals surface area contributed by atoms with Crippen LogP contribution in [0.1, 0.15) is 88.0 Å². The number of ether oxygens (including phenoxy) is 2. The molecule has 2 aromatic carbocycles. The first-order chi connectivity index (χ1) is 21.6. The summed E-state index contributed by atoms with van der Waals surface area (Å²) in [6.45, 7) is 11.1. The molecule has 0 fully saturated rings. The van der Waals surface area contributed by atoms with Crippen molar-refractivity contribution in [1.29, 1.82) is 0 Å². The predicted octanol–water partition coefficient (Wildman–Crippen LogP) is 7.16. The fourth-order valence-electron chi connectivity index (χ4n) is 5.83. The van der Waals surface area contributed by atoms with E-state index < -0.39 is 0 Å². The smallest absolute Gasteiger partial charge is 0.320 e. The lowest BCUT2D eigenvalue weighted by atomic mass is 9.80. The maximum atomic E-state index is 13.5. The van der Waals surface area contributed by atoms with Gasteiger partial charge in [-0.3, -0.25) is 9.72 Å². The second-order valence-corrected chi connectivity index (χ2v) is 12.9. The van der Waals surface area contributed by atoms with E-state index in [0.29, 0.717) is 12.4 Å². The van der Waals surface area contributed by atoms with Gasteiger partial charge in [0, 0.05) is 23.3 Å². The minimum Gasteiger partial charge on any atom is -0.497 e. The van der Waals surface area contributed by atoms with Crippen molar-refractivity contribution in [3.63, 3.8) is 0 Å². The van der Waals surface area contributed by atoms with Gasteiger partial charge in [0.2, 0.25) is 0 Å². The minimum atomic E-state index is -0.275. The first kappa shape index (κ1) is 30.2. The molecule has 10 nitrogen and oxygen atoms in total. The number of hydrogen-bond donors (Lipinski definition) is 2. The number of nitrogens with zero attached hydrogens (tertiary/aromatic N) is 5. The molecule has 45 heavy (non-hydrogen) atoms. The third-order valence-electron chi connectivity index (χ3n) is 8.33. The van der Waals surface area contributed by atoms with Gasteiger partial charge < -0.3 is 14.8 Å². The molecule has 0 spiro atoms. The molecule has 0 saturated heterocycles. The fourth-order valence-corrected chi connectivity index (χ4v) is 5.83. The Labute approximate surface area is 263 Å². The first-order valence-electron chi connectivity index (χ1n) is 15.5. The summed E-state index contributed by atoms with van der Waals surface area (Å²) >= 11 is 0. The summed E-state index contributed by atoms with van der Waals surface area (Å²) in [6.07, 6.45) is 3.65. The lowest BCUT2D eigenvalue weighted by Gasteiger charge is -2.32. The van der Waals surface area contributed by atoms with Crippen LogP contribution in [0.2, 0.25) is 0 Å². The zero-order chi connectivity index (χ0) is 31.7. The van der Waals surface area contributed by atoms with Crippen molar-refractivity contribution in [2.24, 2.45) is 0 Å². The second-order valence-electron chi connectivity index (χ2n) is 12.9. The highest BCUT2D eigenvalue weighted by Crippen LogP contribution is 2.38. The number of carbonyl (C=O) groups excluding carboxylic acids is 1. The quantitative estimate of drug-likeness (QED) is 0.194. The monoisotopic (exact) mass is 607 g/mol. The molecule has 3 aromatic heterocycles. The molecular weight excluding hydrogens is 566 g/mol. The Balaban J connectivity index is 1.16. The molecule has 6 rings (SSSR count). The van der Waals surface area contributed by atoms with Crippen molar-refractivity contribution in [2.75, 3.05) is 19.0 Å². The van der Waals surface area contributed by atoms with Crippen LogP contribution in [-0.2, 0) is 5.41 Å². The summed E-state index contributed by atoms with van der Waals surface area (Å²) in [4.78, 5) is 13.5. The van der Waals surface area contributed by atoms with Crippen molar-refractivity contribution in [1.82, 2.24) is 29.7 Å². The lowest BCUT2D eigenvalue weighted by molar-refractivity contribution is 0.241. The molecule has 2 N–H and O–H groups in total. The molecule has 234 valence electrons. The average molecular weight is 608 g/mol. The fraction of sp³-hybridized carbons (Fsp3) is 0.371. The van der Waals surface area contributed by atoms with Crippen LogP contribution >= 0.6 is 0 Å². The van der Waals surface area contributed by atoms with Crippen LogP contribution in [0, 0.1) is 0 Å². The third-order valence-corrected chi connectivity index (χ3v) is 8.33. The molecule has 2 atom stereocenters. The zero-order valence-electron chi connectivity index (χ0n) is 26.7. The highest BCUT2D eigenvalue weighted by Gasteiger charge is 2.29. The number of pyridine rings is 1. The van der Waals surface area contributed by atoms with Gasteiger partial charge >= 0.3 is 6.03 Å². The standard InChI is InChI=1S/C35H41N7O3/c1-22(2)33-39-38-31-18-16-26(20-41(31)33)45-21-23-11-17-29(28-10-8-7-9-27(23)28)36-34(43)37-32-19-30(35(3,4)5)40-42(32)24-12-14-25(44-6)15-13-24/h7-10,12-16,18-20,22-23,29H,11,17,21H2,1-6H3,(H2,36,37,43)/t23?,29-/m0/s1. The van der Waals surface area contributed by atoms with Crippen LogP contribution in [0.15, 0.2) is 72.9 Å². The van der Waals surface area contributed by atoms with Gasteiger partial charge in [-0.05, 0) is 60.4 Å². The Morgan fingerprint density at radius 1 is 0.978 bits per heavy atom. The van der Waals surface area contributed by atoms with Gasteiger partial charge in [-0.1, -0.05) is 58.9 Å². The molecule has 0 saturated carbocycles. The van der Waals surface area contributed by atoms with E-state index in [0.717, 1.165) is 52.8 Å². The number of nitrogens with one attached hydrogen (secondary N) is 2. The molecule has 0 aliphatic heterocycles. The number of hydrogen-bond acceptors (Lipinski definition) is 6. The number of carbonyl (C=O) groups is 1. The van der Waals surface area contributed by atoms with Gasteiger partial charge in [-0.25, -0.2) is 9.48 Å². The second kappa shape index (κ2) is 12.3. The molecule has 5 aromatic rings. The van der Waals surface area contributed by atoms with Crippen molar-refractivity contribution in [2.45, 2.75) is 70.8 Å². The molecule has 0 bridgehead atoms. The molecule has 1 unspecified atom stereocenters. The minimum absolute atomic E-state index is 0.126. The molecule has 1 aliphatic carbocycles. The van der Waals surface area contributed by atoms with Crippen molar-refractivity contribution in [3.05, 3.63) is 95.6 Å². The highest BCUT2D eigenvalue weighted by atomic mass is 16.5. The average Bonchev–Trinajstić information content (AvgIpc) is 3.65. The number of benzene rings is 2. The summed E-state index contributed by atoms with van der Waals surface area (Å²) < 4.78 is 15.4. The van der Waals surface area contributed by atoms with Gasteiger partial charge in [0.1, 0.15) is 23.1 Å². The van der Waals surface area contributed by atoms with E-state index in [1.807, 2.05) is 65.2 Å². The highest BCUT2D eigenvalue weighted by molar-refractivity contribution is 5.89. The Hall–Kier alpha value is -4.86. The van der Waals surface area contributed by atoms with Gasteiger partial charge in [0.15, 0.2) is 5.65 Å². The van der Waals surface area contributed by atoms with Crippen LogP contribution in [0.5, 0.6) is 11.5 Å². The summed E-state index contributed by atoms with van der Waals surface area (Å²) in [5.41, 5.74) is 4.63. The lowest BCUT2D eigenvalue weighted by Crippen LogP contribution is -2.36. The number of fused-ring (bicyclic) bond motifs is 2. The van der Waals surface area contributed by atoms with Crippen LogP contribution in [-0.4, -0.2) is 44.1 Å². The molecular formula is C35H41N7O3. The summed E-state index contributed by atoms with van der Waals surface area (Å²) in [6, 6.07) is 21.3. The van der Waals surface area contributed by atoms with Crippen molar-refractivity contribution < 1.29 is 14.3 Å². The summed E-state index contributed by atoms with van der Waals surface area (Å²) in [7, 11) is 1.64. The molecule has 3 heterocycles. The van der Waals surface area contributed by atoms with Crippen LogP contribution in [0.3, 0.4) is 0 Å². The SMILES string of the molecule is COc1ccc(-n2nc(C(C)(C)C)cc2NC(=O)N[C@H]2CCC(COc3ccc4nnc(C(C)C)n4c3)c3ccccc32)cc1. The zero-order valence-corrected chi connectivity index (χ0v) is 26.7. The van der Waals surface area contributed by atoms with Gasteiger partial charge in [0.05, 0.1) is 37.3 Å². The van der Waals surface area contributed by atoms with E-state index in [-0.39, 0.29) is 29.3 Å². The number of aromatic nitrogens is 5. The van der Waals surface area contributed by atoms with E-state index >= 15 is 0 Å². The van der Waals surface area contributed by atoms with Gasteiger partial charge in [-0.15, -0.1) is 10.2 Å². The summed E-state index contributed by atoms with van der Waals surface area (Å²) in [5.74, 6) is 3.51.